The van der Waals surface area contributed by atoms with Gasteiger partial charge in [0.2, 0.25) is 0 Å². The topological polar surface area (TPSA) is 0 Å². The molecule has 0 N–H and O–H groups in total. The molecule has 0 bridgehead atoms. The molecule has 0 nitrogen and oxygen atoms in total. The molecule has 84 valence electrons. The molecule has 0 aromatic rings. The fraction of sp³-hybridized carbons (Fsp3) is 1.00. The predicted molar refractivity (Wildman–Crippen MR) is 86.6 cm³/mol. The molecule has 2 rings (SSSR count). The monoisotopic (exact) mass is 212 g/mol. The van der Waals surface area contributed by atoms with E-state index in [1.807, 2.05) is 0 Å². The van der Waals surface area contributed by atoms with Crippen molar-refractivity contribution in [1.29, 1.82) is 0 Å². The van der Waals surface area contributed by atoms with Gasteiger partial charge in [-0.3, -0.25) is 0 Å². The maximum atomic E-state index is 2.51. The van der Waals surface area contributed by atoms with Crippen LogP contribution in [0.3, 0.4) is 0 Å². The van der Waals surface area contributed by atoms with Gasteiger partial charge in [-0.1, -0.05) is 48.3 Å². The molecular weight excluding hydrogens is 186 g/mol. The van der Waals surface area contributed by atoms with Crippen LogP contribution in [-0.2, 0) is 0 Å². The van der Waals surface area contributed by atoms with E-state index in [-0.39, 0.29) is 0 Å². The van der Waals surface area contributed by atoms with E-state index in [9.17, 15) is 0 Å². The first-order valence-corrected chi connectivity index (χ1v) is 7.12. The van der Waals surface area contributed by atoms with Gasteiger partial charge in [0.25, 0.3) is 0 Å². The number of rotatable bonds is 0. The fourth-order valence-corrected chi connectivity index (χ4v) is 4.77. The second-order valence-electron chi connectivity index (χ2n) is 8.45. The summed E-state index contributed by atoms with van der Waals surface area (Å²) in [6.07, 6.45) is 8.86. The second kappa shape index (κ2) is 3.42. The van der Waals surface area contributed by atoms with Crippen molar-refractivity contribution in [3.8, 4) is 0 Å². The quantitative estimate of drug-likeness (QED) is 0.447. The molecular formula is C11H25B5. The summed E-state index contributed by atoms with van der Waals surface area (Å²) in [4.78, 5) is 0. The summed E-state index contributed by atoms with van der Waals surface area (Å²) in [6.45, 7) is 2.49. The van der Waals surface area contributed by atoms with Crippen molar-refractivity contribution in [2.75, 3.05) is 0 Å². The van der Waals surface area contributed by atoms with Crippen LogP contribution < -0.4 is 0 Å². The molecule has 0 radical (unpaired) electrons. The van der Waals surface area contributed by atoms with Crippen molar-refractivity contribution in [2.24, 2.45) is 5.41 Å². The Morgan fingerprint density at radius 3 is 1.50 bits per heavy atom. The van der Waals surface area contributed by atoms with Crippen molar-refractivity contribution in [3.05, 3.63) is 0 Å². The number of hydrogen-bond acceptors (Lipinski definition) is 0. The molecule has 5 heteroatoms. The third-order valence-corrected chi connectivity index (χ3v) is 6.68. The van der Waals surface area contributed by atoms with Crippen LogP contribution in [0.2, 0.25) is 15.7 Å². The molecule has 0 atom stereocenters. The van der Waals surface area contributed by atoms with Gasteiger partial charge in [-0.25, -0.2) is 0 Å². The van der Waals surface area contributed by atoms with Gasteiger partial charge in [-0.2, -0.15) is 0 Å². The Bertz CT molecular complexity index is 267. The smallest absolute Gasteiger partial charge is 0.0864 e. The minimum Gasteiger partial charge on any atom is -0.0864 e. The summed E-state index contributed by atoms with van der Waals surface area (Å²) >= 11 is 0. The van der Waals surface area contributed by atoms with E-state index in [4.69, 9.17) is 0 Å². The van der Waals surface area contributed by atoms with Gasteiger partial charge in [0.15, 0.2) is 0 Å². The van der Waals surface area contributed by atoms with E-state index in [1.54, 1.807) is 0 Å². The summed E-state index contributed by atoms with van der Waals surface area (Å²) in [6, 6.07) is 0. The molecule has 1 spiro atoms. The van der Waals surface area contributed by atoms with Crippen molar-refractivity contribution < 1.29 is 0 Å². The van der Waals surface area contributed by atoms with Crippen molar-refractivity contribution in [2.45, 2.75) is 61.2 Å². The Labute approximate surface area is 106 Å². The second-order valence-corrected chi connectivity index (χ2v) is 8.45. The summed E-state index contributed by atoms with van der Waals surface area (Å²) in [5.74, 6) is 0. The van der Waals surface area contributed by atoms with Gasteiger partial charge >= 0.3 is 0 Å². The fourth-order valence-electron chi connectivity index (χ4n) is 4.77. The third-order valence-electron chi connectivity index (χ3n) is 6.68. The summed E-state index contributed by atoms with van der Waals surface area (Å²) < 4.78 is 0. The molecule has 2 fully saturated rings. The first-order chi connectivity index (χ1) is 7.12. The van der Waals surface area contributed by atoms with E-state index in [0.717, 1.165) is 0 Å². The van der Waals surface area contributed by atoms with E-state index in [2.05, 4.69) is 46.2 Å². The minimum absolute atomic E-state index is 0.452. The highest BCUT2D eigenvalue weighted by Gasteiger charge is 2.57. The Hall–Kier alpha value is 0.325. The molecule has 16 heavy (non-hydrogen) atoms. The zero-order chi connectivity index (χ0) is 12.2. The summed E-state index contributed by atoms with van der Waals surface area (Å²) in [7, 11) is 12.5. The summed E-state index contributed by atoms with van der Waals surface area (Å²) in [5, 5.41) is 1.42. The molecule has 0 aromatic heterocycles. The number of hydrogen-bond donors (Lipinski definition) is 0. The molecule has 0 aromatic carbocycles. The van der Waals surface area contributed by atoms with Crippen LogP contribution in [0.1, 0.15) is 45.4 Å². The first-order valence-electron chi connectivity index (χ1n) is 7.12. The lowest BCUT2D eigenvalue weighted by atomic mass is 9.18. The van der Waals surface area contributed by atoms with Gasteiger partial charge in [-0.15, -0.1) is 0 Å². The van der Waals surface area contributed by atoms with Crippen LogP contribution >= 0.6 is 0 Å². The molecule has 2 aliphatic rings. The highest BCUT2D eigenvalue weighted by atomic mass is 14.5. The van der Waals surface area contributed by atoms with Crippen LogP contribution in [0.25, 0.3) is 0 Å². The van der Waals surface area contributed by atoms with Gasteiger partial charge in [0, 0.05) is 0 Å². The van der Waals surface area contributed by atoms with Crippen LogP contribution in [0.15, 0.2) is 0 Å². The standard InChI is InChI=1S/C11H25B5/c1-8(12)10(13,14)6-9(4-2-3-5-9)7-11(8,15)16/h2-7,12-16H2,1H3. The Balaban J connectivity index is 2.36. The molecule has 0 unspecified atom stereocenters. The van der Waals surface area contributed by atoms with Crippen molar-refractivity contribution in [1.82, 2.24) is 0 Å². The lowest BCUT2D eigenvalue weighted by Crippen LogP contribution is -2.50. The predicted octanol–water partition coefficient (Wildman–Crippen LogP) is -1.08. The average molecular weight is 211 g/mol. The molecule has 2 aliphatic carbocycles. The Morgan fingerprint density at radius 2 is 1.12 bits per heavy atom. The Kier molecular flexibility index (Phi) is 2.73. The maximum Gasteiger partial charge on any atom is 0.106 e. The van der Waals surface area contributed by atoms with Gasteiger partial charge in [0.1, 0.15) is 7.85 Å². The minimum atomic E-state index is 0.452. The average Bonchev–Trinajstić information content (AvgIpc) is 2.48. The lowest BCUT2D eigenvalue weighted by molar-refractivity contribution is 0.142. The van der Waals surface area contributed by atoms with Crippen LogP contribution in [0.5, 0.6) is 0 Å². The van der Waals surface area contributed by atoms with Gasteiger partial charge < -0.3 is 0 Å². The molecule has 2 saturated carbocycles. The first kappa shape index (κ1) is 12.8. The highest BCUT2D eigenvalue weighted by molar-refractivity contribution is 6.52. The van der Waals surface area contributed by atoms with Gasteiger partial charge in [-0.05, 0) is 18.3 Å². The van der Waals surface area contributed by atoms with E-state index in [0.29, 0.717) is 21.2 Å². The molecule has 0 amide bonds. The van der Waals surface area contributed by atoms with E-state index >= 15 is 0 Å². The van der Waals surface area contributed by atoms with Gasteiger partial charge in [0.05, 0.1) is 31.4 Å². The molecule has 0 saturated heterocycles. The zero-order valence-electron chi connectivity index (χ0n) is 12.2. The zero-order valence-corrected chi connectivity index (χ0v) is 12.2. The SMILES string of the molecule is BC1(B)CC2(CCCC2)CC(B)(B)C1(B)C. The van der Waals surface area contributed by atoms with E-state index < -0.39 is 0 Å². The van der Waals surface area contributed by atoms with Crippen molar-refractivity contribution >= 4 is 39.2 Å². The van der Waals surface area contributed by atoms with Crippen LogP contribution in [-0.4, -0.2) is 39.2 Å². The maximum absolute atomic E-state index is 2.51. The molecule has 0 aliphatic heterocycles. The normalized spacial score (nSPS) is 33.8. The van der Waals surface area contributed by atoms with Crippen LogP contribution in [0.4, 0.5) is 0 Å². The summed E-state index contributed by atoms with van der Waals surface area (Å²) in [5.41, 5.74) is 0.697. The molecule has 0 heterocycles. The Morgan fingerprint density at radius 1 is 0.750 bits per heavy atom. The van der Waals surface area contributed by atoms with E-state index in [1.165, 1.54) is 38.5 Å². The van der Waals surface area contributed by atoms with Crippen molar-refractivity contribution in [3.63, 3.8) is 0 Å². The van der Waals surface area contributed by atoms with Crippen LogP contribution in [0, 0.1) is 5.41 Å². The third kappa shape index (κ3) is 1.64. The highest BCUT2D eigenvalue weighted by Crippen LogP contribution is 2.72. The largest absolute Gasteiger partial charge is 0.106 e. The lowest BCUT2D eigenvalue weighted by Gasteiger charge is -2.63.